The van der Waals surface area contributed by atoms with Crippen LogP contribution in [-0.2, 0) is 9.53 Å². The molecule has 1 amide bonds. The van der Waals surface area contributed by atoms with E-state index in [1.807, 2.05) is 43.3 Å². The van der Waals surface area contributed by atoms with Crippen LogP contribution in [0.15, 0.2) is 69.0 Å². The molecule has 2 aromatic carbocycles. The molecule has 0 bridgehead atoms. The smallest absolute Gasteiger partial charge is 0.266 e. The summed E-state index contributed by atoms with van der Waals surface area (Å²) in [6, 6.07) is 18.2. The number of benzene rings is 2. The monoisotopic (exact) mass is 537 g/mol. The van der Waals surface area contributed by atoms with Crippen LogP contribution in [0, 0.1) is 20.8 Å². The van der Waals surface area contributed by atoms with Crippen molar-refractivity contribution in [2.45, 2.75) is 27.7 Å². The number of aromatic nitrogens is 1. The van der Waals surface area contributed by atoms with Gasteiger partial charge in [-0.3, -0.25) is 9.69 Å². The van der Waals surface area contributed by atoms with Crippen molar-refractivity contribution in [3.05, 3.63) is 86.5 Å². The first-order valence-electron chi connectivity index (χ1n) is 11.3. The van der Waals surface area contributed by atoms with Crippen molar-refractivity contribution in [2.24, 2.45) is 4.99 Å². The third-order valence-corrected chi connectivity index (χ3v) is 7.59. The van der Waals surface area contributed by atoms with E-state index in [0.717, 1.165) is 32.8 Å². The van der Waals surface area contributed by atoms with E-state index in [4.69, 9.17) is 9.73 Å². The van der Waals surface area contributed by atoms with Gasteiger partial charge in [0, 0.05) is 28.2 Å². The van der Waals surface area contributed by atoms with E-state index >= 15 is 0 Å². The zero-order chi connectivity index (χ0) is 24.2. The normalized spacial score (nSPS) is 16.3. The average molecular weight is 539 g/mol. The molecule has 1 aliphatic rings. The van der Waals surface area contributed by atoms with Crippen LogP contribution in [0.1, 0.15) is 29.4 Å². The SMILES string of the molecule is CCOCCN1C(=O)/C(=C/c2cc(C)n(-c3ccc(Br)c(C)c3)c2C)SC1=Nc1ccccc1. The molecule has 176 valence electrons. The summed E-state index contributed by atoms with van der Waals surface area (Å²) in [6.07, 6.45) is 1.98. The lowest BCUT2D eigenvalue weighted by atomic mass is 10.2. The number of aliphatic imine (C=N–C) groups is 1. The Bertz CT molecular complexity index is 1260. The highest BCUT2D eigenvalue weighted by molar-refractivity contribution is 9.10. The Morgan fingerprint density at radius 3 is 2.56 bits per heavy atom. The molecular weight excluding hydrogens is 510 g/mol. The maximum atomic E-state index is 13.3. The van der Waals surface area contributed by atoms with Gasteiger partial charge in [0.25, 0.3) is 5.91 Å². The lowest BCUT2D eigenvalue weighted by Gasteiger charge is -2.15. The summed E-state index contributed by atoms with van der Waals surface area (Å²) < 4.78 is 8.83. The minimum atomic E-state index is -0.0383. The fourth-order valence-electron chi connectivity index (χ4n) is 3.94. The van der Waals surface area contributed by atoms with E-state index in [1.165, 1.54) is 17.3 Å². The van der Waals surface area contributed by atoms with Crippen molar-refractivity contribution in [2.75, 3.05) is 19.8 Å². The van der Waals surface area contributed by atoms with Gasteiger partial charge in [0.2, 0.25) is 0 Å². The Morgan fingerprint density at radius 2 is 1.85 bits per heavy atom. The number of ether oxygens (including phenoxy) is 1. The largest absolute Gasteiger partial charge is 0.380 e. The van der Waals surface area contributed by atoms with E-state index in [-0.39, 0.29) is 5.91 Å². The number of amidine groups is 1. The van der Waals surface area contributed by atoms with Crippen LogP contribution in [-0.4, -0.2) is 40.3 Å². The van der Waals surface area contributed by atoms with Crippen molar-refractivity contribution in [3.8, 4) is 5.69 Å². The molecule has 0 radical (unpaired) electrons. The first-order valence-corrected chi connectivity index (χ1v) is 12.9. The molecule has 3 aromatic rings. The molecule has 5 nitrogen and oxygen atoms in total. The number of nitrogens with zero attached hydrogens (tertiary/aromatic N) is 3. The topological polar surface area (TPSA) is 46.8 Å². The summed E-state index contributed by atoms with van der Waals surface area (Å²) in [6.45, 7) is 9.78. The third kappa shape index (κ3) is 5.22. The van der Waals surface area contributed by atoms with Gasteiger partial charge in [0.15, 0.2) is 5.17 Å². The molecule has 2 heterocycles. The molecule has 0 atom stereocenters. The minimum Gasteiger partial charge on any atom is -0.380 e. The minimum absolute atomic E-state index is 0.0383. The maximum Gasteiger partial charge on any atom is 0.266 e. The highest BCUT2D eigenvalue weighted by Crippen LogP contribution is 2.35. The molecule has 1 saturated heterocycles. The van der Waals surface area contributed by atoms with Gasteiger partial charge in [0.1, 0.15) is 0 Å². The molecule has 0 spiro atoms. The van der Waals surface area contributed by atoms with Crippen molar-refractivity contribution >= 4 is 50.5 Å². The summed E-state index contributed by atoms with van der Waals surface area (Å²) in [7, 11) is 0. The second-order valence-corrected chi connectivity index (χ2v) is 9.95. The molecule has 0 unspecified atom stereocenters. The van der Waals surface area contributed by atoms with Gasteiger partial charge in [-0.15, -0.1) is 0 Å². The van der Waals surface area contributed by atoms with Gasteiger partial charge in [-0.25, -0.2) is 4.99 Å². The lowest BCUT2D eigenvalue weighted by Crippen LogP contribution is -2.32. The lowest BCUT2D eigenvalue weighted by molar-refractivity contribution is -0.122. The van der Waals surface area contributed by atoms with Crippen LogP contribution >= 0.6 is 27.7 Å². The average Bonchev–Trinajstić information content (AvgIpc) is 3.26. The standard InChI is InChI=1S/C27H28BrN3O2S/c1-5-33-14-13-30-26(32)25(34-27(30)29-22-9-7-6-8-10-22)17-21-16-19(3)31(20(21)4)23-11-12-24(28)18(2)15-23/h6-12,15-17H,5,13-14H2,1-4H3/b25-17-,29-27?. The first-order chi connectivity index (χ1) is 16.4. The van der Waals surface area contributed by atoms with Crippen LogP contribution in [0.2, 0.25) is 0 Å². The molecule has 7 heteroatoms. The molecule has 1 fully saturated rings. The number of amides is 1. The van der Waals surface area contributed by atoms with Gasteiger partial charge < -0.3 is 9.30 Å². The summed E-state index contributed by atoms with van der Waals surface area (Å²) in [4.78, 5) is 20.5. The quantitative estimate of drug-likeness (QED) is 0.245. The molecular formula is C27H28BrN3O2S. The molecule has 1 aliphatic heterocycles. The van der Waals surface area contributed by atoms with Crippen LogP contribution in [0.3, 0.4) is 0 Å². The Kier molecular flexibility index (Phi) is 7.76. The second kappa shape index (κ2) is 10.8. The fourth-order valence-corrected chi connectivity index (χ4v) is 5.20. The maximum absolute atomic E-state index is 13.3. The summed E-state index contributed by atoms with van der Waals surface area (Å²) in [5.41, 5.74) is 6.35. The second-order valence-electron chi connectivity index (χ2n) is 8.09. The van der Waals surface area contributed by atoms with E-state index in [9.17, 15) is 4.79 Å². The molecule has 4 rings (SSSR count). The van der Waals surface area contributed by atoms with Crippen LogP contribution in [0.25, 0.3) is 11.8 Å². The van der Waals surface area contributed by atoms with Crippen molar-refractivity contribution in [3.63, 3.8) is 0 Å². The number of rotatable bonds is 7. The predicted octanol–water partition coefficient (Wildman–Crippen LogP) is 6.81. The molecule has 34 heavy (non-hydrogen) atoms. The van der Waals surface area contributed by atoms with Gasteiger partial charge in [-0.05, 0) is 93.1 Å². The number of hydrogen-bond donors (Lipinski definition) is 0. The first kappa shape index (κ1) is 24.5. The molecule has 0 N–H and O–H groups in total. The van der Waals surface area contributed by atoms with E-state index < -0.39 is 0 Å². The Balaban J connectivity index is 1.69. The van der Waals surface area contributed by atoms with Gasteiger partial charge in [-0.2, -0.15) is 0 Å². The zero-order valence-corrected chi connectivity index (χ0v) is 22.2. The summed E-state index contributed by atoms with van der Waals surface area (Å²) in [5.74, 6) is -0.0383. The van der Waals surface area contributed by atoms with Gasteiger partial charge in [-0.1, -0.05) is 34.1 Å². The summed E-state index contributed by atoms with van der Waals surface area (Å²) in [5, 5.41) is 0.680. The number of carbonyl (C=O) groups excluding carboxylic acids is 1. The number of para-hydroxylation sites is 1. The zero-order valence-electron chi connectivity index (χ0n) is 19.8. The van der Waals surface area contributed by atoms with E-state index in [2.05, 4.69) is 65.5 Å². The van der Waals surface area contributed by atoms with Crippen LogP contribution < -0.4 is 0 Å². The van der Waals surface area contributed by atoms with Crippen molar-refractivity contribution in [1.82, 2.24) is 9.47 Å². The fraction of sp³-hybridized carbons (Fsp3) is 0.259. The number of thioether (sulfide) groups is 1. The number of halogens is 1. The molecule has 1 aromatic heterocycles. The van der Waals surface area contributed by atoms with Gasteiger partial charge in [0.05, 0.1) is 23.7 Å². The Labute approximate surface area is 213 Å². The van der Waals surface area contributed by atoms with Crippen molar-refractivity contribution in [1.29, 1.82) is 0 Å². The highest BCUT2D eigenvalue weighted by Gasteiger charge is 2.33. The Hall–Kier alpha value is -2.61. The molecule has 0 saturated carbocycles. The predicted molar refractivity (Wildman–Crippen MR) is 145 cm³/mol. The van der Waals surface area contributed by atoms with Crippen LogP contribution in [0.5, 0.6) is 0 Å². The van der Waals surface area contributed by atoms with Crippen molar-refractivity contribution < 1.29 is 9.53 Å². The van der Waals surface area contributed by atoms with E-state index in [1.54, 1.807) is 4.90 Å². The highest BCUT2D eigenvalue weighted by atomic mass is 79.9. The Morgan fingerprint density at radius 1 is 1.09 bits per heavy atom. The van der Waals surface area contributed by atoms with Gasteiger partial charge >= 0.3 is 0 Å². The van der Waals surface area contributed by atoms with E-state index in [0.29, 0.717) is 29.8 Å². The number of carbonyl (C=O) groups is 1. The van der Waals surface area contributed by atoms with Crippen LogP contribution in [0.4, 0.5) is 5.69 Å². The summed E-state index contributed by atoms with van der Waals surface area (Å²) >= 11 is 5.00. The number of hydrogen-bond acceptors (Lipinski definition) is 4. The number of aryl methyl sites for hydroxylation is 2. The molecule has 0 aliphatic carbocycles. The third-order valence-electron chi connectivity index (χ3n) is 5.69.